The topological polar surface area (TPSA) is 50.3 Å². The van der Waals surface area contributed by atoms with Crippen LogP contribution in [0.25, 0.3) is 0 Å². The number of rotatable bonds is 5. The number of benzene rings is 1. The lowest BCUT2D eigenvalue weighted by molar-refractivity contribution is 0.242. The summed E-state index contributed by atoms with van der Waals surface area (Å²) in [7, 11) is 0. The second-order valence-corrected chi connectivity index (χ2v) is 6.10. The molecule has 0 spiro atoms. The smallest absolute Gasteiger partial charge is 0.229 e. The second-order valence-electron chi connectivity index (χ2n) is 6.10. The van der Waals surface area contributed by atoms with Crippen LogP contribution in [0.3, 0.4) is 0 Å². The molecule has 0 bridgehead atoms. The molecule has 0 unspecified atom stereocenters. The lowest BCUT2D eigenvalue weighted by atomic mass is 10.1. The second kappa shape index (κ2) is 7.31. The molecule has 2 heterocycles. The third kappa shape index (κ3) is 4.34. The highest BCUT2D eigenvalue weighted by Crippen LogP contribution is 2.21. The molecule has 0 aliphatic carbocycles. The van der Waals surface area contributed by atoms with Crippen molar-refractivity contribution < 1.29 is 4.74 Å². The molecule has 0 saturated carbocycles. The molecule has 23 heavy (non-hydrogen) atoms. The quantitative estimate of drug-likeness (QED) is 0.904. The van der Waals surface area contributed by atoms with Gasteiger partial charge in [-0.3, -0.25) is 0 Å². The van der Waals surface area contributed by atoms with E-state index in [1.807, 2.05) is 50.4 Å². The summed E-state index contributed by atoms with van der Waals surface area (Å²) >= 11 is 0. The van der Waals surface area contributed by atoms with Crippen LogP contribution in [0.4, 0.5) is 17.5 Å². The molecule has 5 heteroatoms. The van der Waals surface area contributed by atoms with Crippen molar-refractivity contribution in [3.63, 3.8) is 0 Å². The first-order valence-electron chi connectivity index (χ1n) is 8.32. The normalized spacial score (nSPS) is 14.8. The zero-order valence-corrected chi connectivity index (χ0v) is 13.8. The molecule has 0 atom stereocenters. The molecule has 2 aromatic rings. The standard InChI is InChI=1S/C18H24N4O/c1-14(2)23-16-8-6-15(7-9-16)20-18-19-11-10-17(21-18)22-12-4-3-5-13-22/h6-11,14H,3-5,12-13H2,1-2H3,(H,19,20,21). The molecular formula is C18H24N4O. The Kier molecular flexibility index (Phi) is 4.95. The zero-order valence-electron chi connectivity index (χ0n) is 13.8. The molecule has 0 radical (unpaired) electrons. The molecule has 1 aromatic carbocycles. The predicted octanol–water partition coefficient (Wildman–Crippen LogP) is 4.00. The Hall–Kier alpha value is -2.30. The fourth-order valence-corrected chi connectivity index (χ4v) is 2.73. The van der Waals surface area contributed by atoms with Gasteiger partial charge in [0.05, 0.1) is 6.10 Å². The summed E-state index contributed by atoms with van der Waals surface area (Å²) in [4.78, 5) is 11.3. The average molecular weight is 312 g/mol. The van der Waals surface area contributed by atoms with E-state index < -0.39 is 0 Å². The maximum atomic E-state index is 5.65. The van der Waals surface area contributed by atoms with Gasteiger partial charge in [0.1, 0.15) is 11.6 Å². The first-order chi connectivity index (χ1) is 11.2. The number of hydrogen-bond donors (Lipinski definition) is 1. The van der Waals surface area contributed by atoms with Crippen LogP contribution >= 0.6 is 0 Å². The predicted molar refractivity (Wildman–Crippen MR) is 93.6 cm³/mol. The molecule has 5 nitrogen and oxygen atoms in total. The monoisotopic (exact) mass is 312 g/mol. The molecule has 1 aliphatic rings. The van der Waals surface area contributed by atoms with Gasteiger partial charge in [-0.05, 0) is 63.4 Å². The Morgan fingerprint density at radius 3 is 2.48 bits per heavy atom. The summed E-state index contributed by atoms with van der Waals surface area (Å²) in [6.07, 6.45) is 5.79. The zero-order chi connectivity index (χ0) is 16.1. The van der Waals surface area contributed by atoms with Crippen LogP contribution in [-0.2, 0) is 0 Å². The van der Waals surface area contributed by atoms with E-state index in [0.29, 0.717) is 5.95 Å². The van der Waals surface area contributed by atoms with E-state index in [4.69, 9.17) is 4.74 Å². The maximum absolute atomic E-state index is 5.65. The van der Waals surface area contributed by atoms with E-state index in [1.165, 1.54) is 19.3 Å². The van der Waals surface area contributed by atoms with Crippen LogP contribution < -0.4 is 15.0 Å². The molecule has 1 aromatic heterocycles. The van der Waals surface area contributed by atoms with Crippen molar-refractivity contribution in [1.29, 1.82) is 0 Å². The third-order valence-electron chi connectivity index (χ3n) is 3.80. The van der Waals surface area contributed by atoms with Crippen molar-refractivity contribution in [2.75, 3.05) is 23.3 Å². The van der Waals surface area contributed by atoms with Crippen LogP contribution in [-0.4, -0.2) is 29.2 Å². The van der Waals surface area contributed by atoms with Gasteiger partial charge < -0.3 is 15.0 Å². The molecule has 0 amide bonds. The van der Waals surface area contributed by atoms with Crippen LogP contribution in [0.5, 0.6) is 5.75 Å². The number of nitrogens with one attached hydrogen (secondary N) is 1. The van der Waals surface area contributed by atoms with Gasteiger partial charge in [-0.15, -0.1) is 0 Å². The first-order valence-corrected chi connectivity index (χ1v) is 8.32. The van der Waals surface area contributed by atoms with Gasteiger partial charge in [-0.1, -0.05) is 0 Å². The molecule has 122 valence electrons. The van der Waals surface area contributed by atoms with Gasteiger partial charge in [-0.2, -0.15) is 4.98 Å². The van der Waals surface area contributed by atoms with Gasteiger partial charge in [0.25, 0.3) is 0 Å². The first kappa shape index (κ1) is 15.6. The minimum Gasteiger partial charge on any atom is -0.491 e. The molecular weight excluding hydrogens is 288 g/mol. The Balaban J connectivity index is 1.67. The van der Waals surface area contributed by atoms with E-state index in [9.17, 15) is 0 Å². The molecule has 1 N–H and O–H groups in total. The summed E-state index contributed by atoms with van der Waals surface area (Å²) in [5.74, 6) is 2.50. The van der Waals surface area contributed by atoms with Crippen molar-refractivity contribution in [3.05, 3.63) is 36.5 Å². The molecule has 1 saturated heterocycles. The minimum atomic E-state index is 0.179. The van der Waals surface area contributed by atoms with E-state index in [2.05, 4.69) is 20.2 Å². The number of hydrogen-bond acceptors (Lipinski definition) is 5. The number of piperidine rings is 1. The number of aromatic nitrogens is 2. The van der Waals surface area contributed by atoms with E-state index in [-0.39, 0.29) is 6.10 Å². The average Bonchev–Trinajstić information content (AvgIpc) is 2.57. The number of ether oxygens (including phenoxy) is 1. The van der Waals surface area contributed by atoms with Crippen molar-refractivity contribution in [2.24, 2.45) is 0 Å². The maximum Gasteiger partial charge on any atom is 0.229 e. The fourth-order valence-electron chi connectivity index (χ4n) is 2.73. The van der Waals surface area contributed by atoms with Gasteiger partial charge in [0, 0.05) is 25.0 Å². The molecule has 1 fully saturated rings. The third-order valence-corrected chi connectivity index (χ3v) is 3.80. The Bertz CT molecular complexity index is 621. The number of nitrogens with zero attached hydrogens (tertiary/aromatic N) is 3. The number of anilines is 3. The van der Waals surface area contributed by atoms with Gasteiger partial charge in [0.2, 0.25) is 5.95 Å². The lowest BCUT2D eigenvalue weighted by Gasteiger charge is -2.27. The Morgan fingerprint density at radius 2 is 1.78 bits per heavy atom. The van der Waals surface area contributed by atoms with Crippen molar-refractivity contribution in [1.82, 2.24) is 9.97 Å². The minimum absolute atomic E-state index is 0.179. The highest BCUT2D eigenvalue weighted by Gasteiger charge is 2.12. The SMILES string of the molecule is CC(C)Oc1ccc(Nc2nccc(N3CCCCC3)n2)cc1. The Morgan fingerprint density at radius 1 is 1.04 bits per heavy atom. The van der Waals surface area contributed by atoms with Crippen LogP contribution in [0.2, 0.25) is 0 Å². The largest absolute Gasteiger partial charge is 0.491 e. The summed E-state index contributed by atoms with van der Waals surface area (Å²) in [5.41, 5.74) is 0.955. The fraction of sp³-hybridized carbons (Fsp3) is 0.444. The van der Waals surface area contributed by atoms with E-state index >= 15 is 0 Å². The van der Waals surface area contributed by atoms with Crippen LogP contribution in [0.15, 0.2) is 36.5 Å². The van der Waals surface area contributed by atoms with Gasteiger partial charge in [0.15, 0.2) is 0 Å². The van der Waals surface area contributed by atoms with Crippen molar-refractivity contribution in [3.8, 4) is 5.75 Å². The van der Waals surface area contributed by atoms with E-state index in [0.717, 1.165) is 30.3 Å². The molecule has 1 aliphatic heterocycles. The van der Waals surface area contributed by atoms with E-state index in [1.54, 1.807) is 0 Å². The van der Waals surface area contributed by atoms with Gasteiger partial charge in [-0.25, -0.2) is 4.98 Å². The lowest BCUT2D eigenvalue weighted by Crippen LogP contribution is -2.30. The summed E-state index contributed by atoms with van der Waals surface area (Å²) in [6.45, 7) is 6.20. The van der Waals surface area contributed by atoms with Crippen LogP contribution in [0, 0.1) is 0 Å². The Labute approximate surface area is 137 Å². The summed E-state index contributed by atoms with van der Waals surface area (Å²) in [5, 5.41) is 3.26. The summed E-state index contributed by atoms with van der Waals surface area (Å²) < 4.78 is 5.65. The van der Waals surface area contributed by atoms with Crippen molar-refractivity contribution >= 4 is 17.5 Å². The van der Waals surface area contributed by atoms with Crippen molar-refractivity contribution in [2.45, 2.75) is 39.2 Å². The summed E-state index contributed by atoms with van der Waals surface area (Å²) in [6, 6.07) is 9.85. The highest BCUT2D eigenvalue weighted by atomic mass is 16.5. The highest BCUT2D eigenvalue weighted by molar-refractivity contribution is 5.56. The van der Waals surface area contributed by atoms with Gasteiger partial charge >= 0.3 is 0 Å². The van der Waals surface area contributed by atoms with Crippen LogP contribution in [0.1, 0.15) is 33.1 Å². The molecule has 3 rings (SSSR count).